The van der Waals surface area contributed by atoms with Crippen LogP contribution in [0.15, 0.2) is 24.3 Å². The first-order valence-corrected chi connectivity index (χ1v) is 6.23. The van der Waals surface area contributed by atoms with E-state index in [2.05, 4.69) is 0 Å². The number of hydrogen-bond acceptors (Lipinski definition) is 4. The molecular formula is C14H18N2O2. The van der Waals surface area contributed by atoms with Gasteiger partial charge in [0.05, 0.1) is 0 Å². The molecular weight excluding hydrogens is 228 g/mol. The molecule has 4 nitrogen and oxygen atoms in total. The molecule has 0 radical (unpaired) electrons. The third kappa shape index (κ3) is 2.35. The van der Waals surface area contributed by atoms with Crippen molar-refractivity contribution in [3.05, 3.63) is 35.4 Å². The quantitative estimate of drug-likeness (QED) is 0.623. The summed E-state index contributed by atoms with van der Waals surface area (Å²) in [6, 6.07) is 7.34. The van der Waals surface area contributed by atoms with Crippen molar-refractivity contribution in [2.45, 2.75) is 32.0 Å². The standard InChI is InChI=1S/C14H18N2O2/c1-2-11(15)8-16-7-10-5-3-4-6-12(10)14(16)13(18)9-17/h3-6,9,11,14H,2,7-8,15H2,1H3. The highest BCUT2D eigenvalue weighted by atomic mass is 16.2. The highest BCUT2D eigenvalue weighted by Gasteiger charge is 2.35. The average molecular weight is 246 g/mol. The van der Waals surface area contributed by atoms with E-state index in [1.54, 1.807) is 0 Å². The lowest BCUT2D eigenvalue weighted by Gasteiger charge is -2.25. The monoisotopic (exact) mass is 246 g/mol. The van der Waals surface area contributed by atoms with Crippen LogP contribution in [0.2, 0.25) is 0 Å². The van der Waals surface area contributed by atoms with Crippen LogP contribution in [-0.2, 0) is 16.1 Å². The van der Waals surface area contributed by atoms with E-state index in [0.717, 1.165) is 17.5 Å². The maximum absolute atomic E-state index is 11.8. The normalized spacial score (nSPS) is 20.4. The predicted molar refractivity (Wildman–Crippen MR) is 68.9 cm³/mol. The Bertz CT molecular complexity index is 459. The van der Waals surface area contributed by atoms with Gasteiger partial charge < -0.3 is 5.73 Å². The first-order valence-electron chi connectivity index (χ1n) is 6.23. The molecule has 4 heteroatoms. The lowest BCUT2D eigenvalue weighted by molar-refractivity contribution is -0.133. The van der Waals surface area contributed by atoms with Gasteiger partial charge in [0.2, 0.25) is 5.78 Å². The highest BCUT2D eigenvalue weighted by Crippen LogP contribution is 2.33. The van der Waals surface area contributed by atoms with E-state index in [1.807, 2.05) is 36.1 Å². The largest absolute Gasteiger partial charge is 0.327 e. The fourth-order valence-corrected chi connectivity index (χ4v) is 2.45. The molecule has 1 aliphatic heterocycles. The van der Waals surface area contributed by atoms with Crippen molar-refractivity contribution >= 4 is 12.1 Å². The maximum Gasteiger partial charge on any atom is 0.216 e. The van der Waals surface area contributed by atoms with Crippen molar-refractivity contribution in [1.82, 2.24) is 4.90 Å². The minimum Gasteiger partial charge on any atom is -0.327 e. The van der Waals surface area contributed by atoms with Gasteiger partial charge in [-0.05, 0) is 17.5 Å². The molecule has 0 saturated heterocycles. The highest BCUT2D eigenvalue weighted by molar-refractivity contribution is 6.27. The van der Waals surface area contributed by atoms with Crippen molar-refractivity contribution in [1.29, 1.82) is 0 Å². The summed E-state index contributed by atoms with van der Waals surface area (Å²) in [4.78, 5) is 24.6. The number of carbonyl (C=O) groups excluding carboxylic acids is 2. The maximum atomic E-state index is 11.8. The Balaban J connectivity index is 2.28. The average Bonchev–Trinajstić information content (AvgIpc) is 2.75. The predicted octanol–water partition coefficient (Wildman–Crippen LogP) is 1.05. The summed E-state index contributed by atoms with van der Waals surface area (Å²) in [6.07, 6.45) is 1.27. The number of ketones is 1. The summed E-state index contributed by atoms with van der Waals surface area (Å²) < 4.78 is 0. The molecule has 0 saturated carbocycles. The van der Waals surface area contributed by atoms with Gasteiger partial charge >= 0.3 is 0 Å². The van der Waals surface area contributed by atoms with Crippen molar-refractivity contribution in [3.8, 4) is 0 Å². The Labute approximate surface area is 107 Å². The Hall–Kier alpha value is -1.52. The lowest BCUT2D eigenvalue weighted by Crippen LogP contribution is -2.38. The fraction of sp³-hybridized carbons (Fsp3) is 0.429. The van der Waals surface area contributed by atoms with Crippen molar-refractivity contribution in [3.63, 3.8) is 0 Å². The summed E-state index contributed by atoms with van der Waals surface area (Å²) in [6.45, 7) is 3.34. The van der Waals surface area contributed by atoms with Gasteiger partial charge in [0, 0.05) is 19.1 Å². The van der Waals surface area contributed by atoms with Crippen LogP contribution in [0.1, 0.15) is 30.5 Å². The second-order valence-corrected chi connectivity index (χ2v) is 4.72. The molecule has 96 valence electrons. The minimum atomic E-state index is -0.448. The number of rotatable bonds is 5. The Morgan fingerprint density at radius 2 is 2.28 bits per heavy atom. The Morgan fingerprint density at radius 1 is 1.56 bits per heavy atom. The van der Waals surface area contributed by atoms with Gasteiger partial charge in [-0.1, -0.05) is 31.2 Å². The van der Waals surface area contributed by atoms with Gasteiger partial charge in [-0.15, -0.1) is 0 Å². The summed E-state index contributed by atoms with van der Waals surface area (Å²) in [5.74, 6) is -0.386. The van der Waals surface area contributed by atoms with Crippen LogP contribution in [0.3, 0.4) is 0 Å². The zero-order valence-corrected chi connectivity index (χ0v) is 10.5. The molecule has 0 fully saturated rings. The van der Waals surface area contributed by atoms with E-state index in [1.165, 1.54) is 0 Å². The summed E-state index contributed by atoms with van der Waals surface area (Å²) in [7, 11) is 0. The van der Waals surface area contributed by atoms with Gasteiger partial charge in [0.15, 0.2) is 6.29 Å². The Morgan fingerprint density at radius 3 is 2.94 bits per heavy atom. The van der Waals surface area contributed by atoms with Gasteiger partial charge in [-0.25, -0.2) is 0 Å². The minimum absolute atomic E-state index is 0.0289. The van der Waals surface area contributed by atoms with E-state index in [9.17, 15) is 9.59 Å². The van der Waals surface area contributed by atoms with Crippen LogP contribution in [0.25, 0.3) is 0 Å². The third-order valence-electron chi connectivity index (χ3n) is 3.47. The number of hydrogen-bond donors (Lipinski definition) is 1. The third-order valence-corrected chi connectivity index (χ3v) is 3.47. The van der Waals surface area contributed by atoms with Gasteiger partial charge in [0.1, 0.15) is 6.04 Å². The molecule has 2 atom stereocenters. The molecule has 1 aromatic rings. The SMILES string of the molecule is CCC(N)CN1Cc2ccccc2C1C(=O)C=O. The molecule has 0 spiro atoms. The van der Waals surface area contributed by atoms with E-state index in [0.29, 0.717) is 19.4 Å². The molecule has 0 bridgehead atoms. The van der Waals surface area contributed by atoms with Crippen molar-refractivity contribution in [2.24, 2.45) is 5.73 Å². The van der Waals surface area contributed by atoms with Crippen LogP contribution in [0.5, 0.6) is 0 Å². The van der Waals surface area contributed by atoms with Crippen molar-refractivity contribution < 1.29 is 9.59 Å². The molecule has 2 N–H and O–H groups in total. The number of Topliss-reactive ketones (excluding diaryl/α,β-unsaturated/α-hetero) is 1. The molecule has 2 unspecified atom stereocenters. The number of nitrogens with zero attached hydrogens (tertiary/aromatic N) is 1. The van der Waals surface area contributed by atoms with Crippen LogP contribution >= 0.6 is 0 Å². The summed E-state index contributed by atoms with van der Waals surface area (Å²) in [5, 5.41) is 0. The number of carbonyl (C=O) groups is 2. The molecule has 0 aromatic heterocycles. The van der Waals surface area contributed by atoms with Crippen LogP contribution in [0.4, 0.5) is 0 Å². The molecule has 18 heavy (non-hydrogen) atoms. The molecule has 0 aliphatic carbocycles. The molecule has 1 aromatic carbocycles. The summed E-state index contributed by atoms with van der Waals surface area (Å²) in [5.41, 5.74) is 8.00. The van der Waals surface area contributed by atoms with Crippen LogP contribution in [0, 0.1) is 0 Å². The zero-order chi connectivity index (χ0) is 13.1. The lowest BCUT2D eigenvalue weighted by atomic mass is 10.0. The first kappa shape index (κ1) is 12.9. The molecule has 2 rings (SSSR count). The number of nitrogens with two attached hydrogens (primary N) is 1. The smallest absolute Gasteiger partial charge is 0.216 e. The van der Waals surface area contributed by atoms with E-state index in [4.69, 9.17) is 5.73 Å². The van der Waals surface area contributed by atoms with E-state index >= 15 is 0 Å². The van der Waals surface area contributed by atoms with Gasteiger partial charge in [0.25, 0.3) is 0 Å². The van der Waals surface area contributed by atoms with E-state index < -0.39 is 6.04 Å². The van der Waals surface area contributed by atoms with Crippen LogP contribution < -0.4 is 5.73 Å². The van der Waals surface area contributed by atoms with Gasteiger partial charge in [-0.2, -0.15) is 0 Å². The zero-order valence-electron chi connectivity index (χ0n) is 10.5. The fourth-order valence-electron chi connectivity index (χ4n) is 2.45. The first-order chi connectivity index (χ1) is 8.67. The van der Waals surface area contributed by atoms with E-state index in [-0.39, 0.29) is 11.8 Å². The Kier molecular flexibility index (Phi) is 3.89. The second kappa shape index (κ2) is 5.42. The molecule has 1 aliphatic rings. The molecule has 0 amide bonds. The van der Waals surface area contributed by atoms with Crippen LogP contribution in [-0.4, -0.2) is 29.6 Å². The van der Waals surface area contributed by atoms with Crippen molar-refractivity contribution in [2.75, 3.05) is 6.54 Å². The van der Waals surface area contributed by atoms with Gasteiger partial charge in [-0.3, -0.25) is 14.5 Å². The summed E-state index contributed by atoms with van der Waals surface area (Å²) >= 11 is 0. The molecule has 1 heterocycles. The number of benzene rings is 1. The number of fused-ring (bicyclic) bond motifs is 1. The second-order valence-electron chi connectivity index (χ2n) is 4.72. The number of aldehydes is 1. The topological polar surface area (TPSA) is 63.4 Å².